The van der Waals surface area contributed by atoms with E-state index in [9.17, 15) is 4.79 Å². The van der Waals surface area contributed by atoms with Gasteiger partial charge in [-0.1, -0.05) is 15.9 Å². The van der Waals surface area contributed by atoms with Crippen molar-refractivity contribution >= 4 is 27.5 Å². The summed E-state index contributed by atoms with van der Waals surface area (Å²) in [4.78, 5) is 14.3. The molecule has 0 spiro atoms. The maximum Gasteiger partial charge on any atom is 0.254 e. The number of hydrogen-bond acceptors (Lipinski definition) is 4. The predicted molar refractivity (Wildman–Crippen MR) is 82.9 cm³/mol. The Morgan fingerprint density at radius 2 is 1.80 bits per heavy atom. The number of hydrogen-bond donors (Lipinski definition) is 1. The second kappa shape index (κ2) is 8.24. The van der Waals surface area contributed by atoms with E-state index in [4.69, 9.17) is 15.2 Å². The van der Waals surface area contributed by atoms with Gasteiger partial charge in [0.05, 0.1) is 13.2 Å². The number of amides is 1. The van der Waals surface area contributed by atoms with E-state index in [0.29, 0.717) is 37.6 Å². The molecule has 0 aliphatic heterocycles. The summed E-state index contributed by atoms with van der Waals surface area (Å²) in [6.45, 7) is 3.85. The van der Waals surface area contributed by atoms with E-state index in [2.05, 4.69) is 15.9 Å². The van der Waals surface area contributed by atoms with Gasteiger partial charge in [-0.15, -0.1) is 0 Å². The summed E-state index contributed by atoms with van der Waals surface area (Å²) < 4.78 is 10.9. The van der Waals surface area contributed by atoms with Crippen LogP contribution in [-0.4, -0.2) is 51.3 Å². The Morgan fingerprint density at radius 1 is 1.25 bits per heavy atom. The van der Waals surface area contributed by atoms with Crippen LogP contribution in [0.2, 0.25) is 0 Å². The minimum Gasteiger partial charge on any atom is -0.398 e. The number of anilines is 1. The number of nitrogens with zero attached hydrogens (tertiary/aromatic N) is 1. The molecule has 0 aliphatic rings. The van der Waals surface area contributed by atoms with E-state index in [0.717, 1.165) is 10.0 Å². The predicted octanol–water partition coefficient (Wildman–Crippen LogP) is 2.07. The molecule has 0 aromatic heterocycles. The number of ether oxygens (including phenoxy) is 2. The third kappa shape index (κ3) is 4.47. The summed E-state index contributed by atoms with van der Waals surface area (Å²) in [5, 5.41) is 0. The number of carbonyl (C=O) groups excluding carboxylic acids is 1. The van der Waals surface area contributed by atoms with Crippen molar-refractivity contribution < 1.29 is 14.3 Å². The Labute approximate surface area is 128 Å². The Bertz CT molecular complexity index is 458. The first kappa shape index (κ1) is 16.9. The summed E-state index contributed by atoms with van der Waals surface area (Å²) in [5.74, 6) is -0.0652. The molecule has 0 bridgehead atoms. The minimum atomic E-state index is -0.0652. The number of rotatable bonds is 7. The van der Waals surface area contributed by atoms with Crippen LogP contribution in [0.1, 0.15) is 15.9 Å². The van der Waals surface area contributed by atoms with E-state index >= 15 is 0 Å². The Balaban J connectivity index is 2.98. The highest BCUT2D eigenvalue weighted by molar-refractivity contribution is 9.10. The van der Waals surface area contributed by atoms with Crippen LogP contribution in [-0.2, 0) is 9.47 Å². The van der Waals surface area contributed by atoms with Crippen LogP contribution in [0.4, 0.5) is 5.69 Å². The molecule has 0 saturated carbocycles. The van der Waals surface area contributed by atoms with Crippen molar-refractivity contribution in [3.63, 3.8) is 0 Å². The first-order chi connectivity index (χ1) is 9.51. The highest BCUT2D eigenvalue weighted by Crippen LogP contribution is 2.23. The summed E-state index contributed by atoms with van der Waals surface area (Å²) in [6.07, 6.45) is 0. The highest BCUT2D eigenvalue weighted by atomic mass is 79.9. The van der Waals surface area contributed by atoms with Crippen LogP contribution in [0.5, 0.6) is 0 Å². The van der Waals surface area contributed by atoms with Gasteiger partial charge in [-0.25, -0.2) is 0 Å². The molecular formula is C14H21BrN2O3. The molecule has 0 saturated heterocycles. The molecule has 0 aliphatic carbocycles. The first-order valence-corrected chi connectivity index (χ1v) is 7.13. The third-order valence-electron chi connectivity index (χ3n) is 3.06. The van der Waals surface area contributed by atoms with Gasteiger partial charge in [-0.2, -0.15) is 0 Å². The maximum absolute atomic E-state index is 12.6. The van der Waals surface area contributed by atoms with Crippen LogP contribution >= 0.6 is 15.9 Å². The lowest BCUT2D eigenvalue weighted by atomic mass is 10.1. The Hall–Kier alpha value is -1.11. The molecule has 1 rings (SSSR count). The van der Waals surface area contributed by atoms with E-state index in [1.54, 1.807) is 31.3 Å². The van der Waals surface area contributed by atoms with Crippen LogP contribution < -0.4 is 5.73 Å². The smallest absolute Gasteiger partial charge is 0.254 e. The molecule has 1 aromatic rings. The zero-order valence-electron chi connectivity index (χ0n) is 12.1. The lowest BCUT2D eigenvalue weighted by Crippen LogP contribution is -2.37. The Kier molecular flexibility index (Phi) is 6.98. The molecule has 0 unspecified atom stereocenters. The number of carbonyl (C=O) groups is 1. The molecular weight excluding hydrogens is 324 g/mol. The van der Waals surface area contributed by atoms with Gasteiger partial charge in [0.25, 0.3) is 5.91 Å². The standard InChI is InChI=1S/C14H21BrN2O3/c1-10-12(8-11(15)9-13(10)16)14(18)17(4-6-19-2)5-7-20-3/h8-9H,4-7,16H2,1-3H3. The fourth-order valence-electron chi connectivity index (χ4n) is 1.81. The quantitative estimate of drug-likeness (QED) is 0.769. The normalized spacial score (nSPS) is 10.6. The second-order valence-electron chi connectivity index (χ2n) is 4.45. The molecule has 6 heteroatoms. The van der Waals surface area contributed by atoms with E-state index in [1.165, 1.54) is 0 Å². The van der Waals surface area contributed by atoms with Gasteiger partial charge in [0.2, 0.25) is 0 Å². The number of nitrogen functional groups attached to an aromatic ring is 1. The molecule has 112 valence electrons. The molecule has 1 aromatic carbocycles. The summed E-state index contributed by atoms with van der Waals surface area (Å²) >= 11 is 3.37. The first-order valence-electron chi connectivity index (χ1n) is 6.34. The van der Waals surface area contributed by atoms with Crippen LogP contribution in [0, 0.1) is 6.92 Å². The monoisotopic (exact) mass is 344 g/mol. The lowest BCUT2D eigenvalue weighted by Gasteiger charge is -2.23. The van der Waals surface area contributed by atoms with Crippen molar-refractivity contribution in [3.8, 4) is 0 Å². The average Bonchev–Trinajstić information content (AvgIpc) is 2.42. The van der Waals surface area contributed by atoms with E-state index in [-0.39, 0.29) is 5.91 Å². The molecule has 0 heterocycles. The van der Waals surface area contributed by atoms with Gasteiger partial charge >= 0.3 is 0 Å². The number of methoxy groups -OCH3 is 2. The summed E-state index contributed by atoms with van der Waals surface area (Å²) in [7, 11) is 3.22. The maximum atomic E-state index is 12.6. The topological polar surface area (TPSA) is 64.8 Å². The van der Waals surface area contributed by atoms with Gasteiger partial charge in [-0.3, -0.25) is 4.79 Å². The summed E-state index contributed by atoms with van der Waals surface area (Å²) in [5.41, 5.74) is 7.90. The van der Waals surface area contributed by atoms with E-state index in [1.807, 2.05) is 6.92 Å². The zero-order valence-corrected chi connectivity index (χ0v) is 13.7. The molecule has 0 atom stereocenters. The Morgan fingerprint density at radius 3 is 2.30 bits per heavy atom. The fourth-order valence-corrected chi connectivity index (χ4v) is 2.29. The van der Waals surface area contributed by atoms with Crippen molar-refractivity contribution in [1.82, 2.24) is 4.90 Å². The van der Waals surface area contributed by atoms with Crippen molar-refractivity contribution in [2.45, 2.75) is 6.92 Å². The molecule has 2 N–H and O–H groups in total. The average molecular weight is 345 g/mol. The van der Waals surface area contributed by atoms with Gasteiger partial charge in [0.15, 0.2) is 0 Å². The van der Waals surface area contributed by atoms with Gasteiger partial charge in [0.1, 0.15) is 0 Å². The fraction of sp³-hybridized carbons (Fsp3) is 0.500. The summed E-state index contributed by atoms with van der Waals surface area (Å²) in [6, 6.07) is 3.58. The molecule has 5 nitrogen and oxygen atoms in total. The van der Waals surface area contributed by atoms with Gasteiger partial charge in [-0.05, 0) is 24.6 Å². The number of benzene rings is 1. The number of halogens is 1. The van der Waals surface area contributed by atoms with Gasteiger partial charge in [0, 0.05) is 43.0 Å². The second-order valence-corrected chi connectivity index (χ2v) is 5.36. The van der Waals surface area contributed by atoms with Crippen molar-refractivity contribution in [3.05, 3.63) is 27.7 Å². The van der Waals surface area contributed by atoms with E-state index < -0.39 is 0 Å². The van der Waals surface area contributed by atoms with Crippen molar-refractivity contribution in [2.75, 3.05) is 46.3 Å². The van der Waals surface area contributed by atoms with Crippen LogP contribution in [0.3, 0.4) is 0 Å². The van der Waals surface area contributed by atoms with Crippen molar-refractivity contribution in [1.29, 1.82) is 0 Å². The highest BCUT2D eigenvalue weighted by Gasteiger charge is 2.19. The molecule has 0 fully saturated rings. The SMILES string of the molecule is COCCN(CCOC)C(=O)c1cc(Br)cc(N)c1C. The largest absolute Gasteiger partial charge is 0.398 e. The molecule has 0 radical (unpaired) electrons. The molecule has 20 heavy (non-hydrogen) atoms. The lowest BCUT2D eigenvalue weighted by molar-refractivity contribution is 0.0626. The zero-order chi connectivity index (χ0) is 15.1. The van der Waals surface area contributed by atoms with Crippen LogP contribution in [0.15, 0.2) is 16.6 Å². The number of nitrogens with two attached hydrogens (primary N) is 1. The van der Waals surface area contributed by atoms with Gasteiger partial charge < -0.3 is 20.1 Å². The third-order valence-corrected chi connectivity index (χ3v) is 3.52. The minimum absolute atomic E-state index is 0.0652. The van der Waals surface area contributed by atoms with Crippen molar-refractivity contribution in [2.24, 2.45) is 0 Å². The van der Waals surface area contributed by atoms with Crippen LogP contribution in [0.25, 0.3) is 0 Å². The molecule has 1 amide bonds.